The van der Waals surface area contributed by atoms with E-state index in [1.807, 2.05) is 25.1 Å². The lowest BCUT2D eigenvalue weighted by Crippen LogP contribution is -2.45. The van der Waals surface area contributed by atoms with Crippen LogP contribution in [0.3, 0.4) is 0 Å². The lowest BCUT2D eigenvalue weighted by atomic mass is 9.91. The first kappa shape index (κ1) is 14.3. The molecule has 1 heterocycles. The summed E-state index contributed by atoms with van der Waals surface area (Å²) in [5.41, 5.74) is 6.61. The zero-order valence-electron chi connectivity index (χ0n) is 11.8. The van der Waals surface area contributed by atoms with Crippen LogP contribution in [-0.4, -0.2) is 42.4 Å². The first-order valence-electron chi connectivity index (χ1n) is 6.86. The summed E-state index contributed by atoms with van der Waals surface area (Å²) in [5, 5.41) is 10.0. The van der Waals surface area contributed by atoms with Gasteiger partial charge in [0.05, 0.1) is 12.7 Å². The van der Waals surface area contributed by atoms with Gasteiger partial charge in [0.15, 0.2) is 0 Å². The number of ether oxygens (including phenoxy) is 1. The van der Waals surface area contributed by atoms with Crippen LogP contribution in [0.15, 0.2) is 24.3 Å². The highest BCUT2D eigenvalue weighted by Gasteiger charge is 2.30. The van der Waals surface area contributed by atoms with Crippen LogP contribution < -0.4 is 10.5 Å². The van der Waals surface area contributed by atoms with Gasteiger partial charge >= 0.3 is 0 Å². The lowest BCUT2D eigenvalue weighted by molar-refractivity contribution is -0.0160. The third kappa shape index (κ3) is 3.47. The fourth-order valence-electron chi connectivity index (χ4n) is 2.66. The fraction of sp³-hybridized carbons (Fsp3) is 0.600. The van der Waals surface area contributed by atoms with E-state index in [0.29, 0.717) is 6.54 Å². The van der Waals surface area contributed by atoms with E-state index in [1.54, 1.807) is 7.11 Å². The molecule has 1 fully saturated rings. The average molecular weight is 264 g/mol. The highest BCUT2D eigenvalue weighted by molar-refractivity contribution is 5.30. The quantitative estimate of drug-likeness (QED) is 0.866. The molecule has 1 aliphatic rings. The Kier molecular flexibility index (Phi) is 4.45. The second-order valence-electron chi connectivity index (χ2n) is 5.56. The van der Waals surface area contributed by atoms with Crippen molar-refractivity contribution >= 4 is 0 Å². The third-order valence-corrected chi connectivity index (χ3v) is 4.02. The number of likely N-dealkylation sites (tertiary alicyclic amines) is 1. The van der Waals surface area contributed by atoms with Gasteiger partial charge < -0.3 is 15.6 Å². The van der Waals surface area contributed by atoms with Crippen LogP contribution in [0.1, 0.15) is 31.4 Å². The van der Waals surface area contributed by atoms with Crippen LogP contribution in [0.2, 0.25) is 0 Å². The molecule has 0 amide bonds. The molecule has 19 heavy (non-hydrogen) atoms. The van der Waals surface area contributed by atoms with E-state index in [9.17, 15) is 5.11 Å². The maximum Gasteiger partial charge on any atom is 0.119 e. The molecular weight excluding hydrogens is 240 g/mol. The number of methoxy groups -OCH3 is 1. The highest BCUT2D eigenvalue weighted by atomic mass is 16.5. The molecule has 0 spiro atoms. The molecule has 0 saturated carbocycles. The summed E-state index contributed by atoms with van der Waals surface area (Å²) in [6.07, 6.45) is 1.60. The Morgan fingerprint density at radius 1 is 1.42 bits per heavy atom. The van der Waals surface area contributed by atoms with Crippen molar-refractivity contribution in [2.75, 3.05) is 26.7 Å². The Morgan fingerprint density at radius 3 is 2.68 bits per heavy atom. The van der Waals surface area contributed by atoms with Crippen LogP contribution in [0.4, 0.5) is 0 Å². The van der Waals surface area contributed by atoms with Crippen molar-refractivity contribution in [1.82, 2.24) is 4.90 Å². The number of hydrogen-bond acceptors (Lipinski definition) is 4. The van der Waals surface area contributed by atoms with Crippen molar-refractivity contribution in [3.63, 3.8) is 0 Å². The SMILES string of the molecule is COc1cccc(C(CN)N2CCC(C)(O)CC2)c1. The second kappa shape index (κ2) is 5.90. The molecule has 1 aromatic rings. The number of nitrogens with two attached hydrogens (primary N) is 1. The standard InChI is InChI=1S/C15H24N2O2/c1-15(18)6-8-17(9-7-15)14(11-16)12-4-3-5-13(10-12)19-2/h3-5,10,14,18H,6-9,11,16H2,1-2H3. The van der Waals surface area contributed by atoms with E-state index in [1.165, 1.54) is 5.56 Å². The van der Waals surface area contributed by atoms with Gasteiger partial charge in [0.25, 0.3) is 0 Å². The molecule has 1 saturated heterocycles. The van der Waals surface area contributed by atoms with E-state index in [4.69, 9.17) is 10.5 Å². The van der Waals surface area contributed by atoms with Gasteiger partial charge in [-0.3, -0.25) is 4.90 Å². The maximum atomic E-state index is 10.0. The molecule has 0 radical (unpaired) electrons. The van der Waals surface area contributed by atoms with Gasteiger partial charge in [0.1, 0.15) is 5.75 Å². The summed E-state index contributed by atoms with van der Waals surface area (Å²) in [7, 11) is 1.68. The van der Waals surface area contributed by atoms with E-state index < -0.39 is 5.60 Å². The fourth-order valence-corrected chi connectivity index (χ4v) is 2.66. The monoisotopic (exact) mass is 264 g/mol. The molecule has 0 aliphatic carbocycles. The van der Waals surface area contributed by atoms with E-state index in [-0.39, 0.29) is 6.04 Å². The zero-order chi connectivity index (χ0) is 13.9. The summed E-state index contributed by atoms with van der Waals surface area (Å²) in [6, 6.07) is 8.28. The summed E-state index contributed by atoms with van der Waals surface area (Å²) >= 11 is 0. The Hall–Kier alpha value is -1.10. The van der Waals surface area contributed by atoms with Gasteiger partial charge in [0, 0.05) is 25.7 Å². The molecule has 1 unspecified atom stereocenters. The molecule has 4 nitrogen and oxygen atoms in total. The van der Waals surface area contributed by atoms with E-state index >= 15 is 0 Å². The van der Waals surface area contributed by atoms with Crippen molar-refractivity contribution in [2.45, 2.75) is 31.4 Å². The minimum Gasteiger partial charge on any atom is -0.497 e. The van der Waals surface area contributed by atoms with Gasteiger partial charge in [-0.15, -0.1) is 0 Å². The first-order chi connectivity index (χ1) is 9.05. The minimum absolute atomic E-state index is 0.200. The van der Waals surface area contributed by atoms with E-state index in [0.717, 1.165) is 31.7 Å². The summed E-state index contributed by atoms with van der Waals surface area (Å²) in [6.45, 7) is 4.25. The van der Waals surface area contributed by atoms with Crippen molar-refractivity contribution in [3.8, 4) is 5.75 Å². The van der Waals surface area contributed by atoms with Crippen LogP contribution >= 0.6 is 0 Å². The smallest absolute Gasteiger partial charge is 0.119 e. The number of aliphatic hydroxyl groups is 1. The van der Waals surface area contributed by atoms with Crippen LogP contribution in [-0.2, 0) is 0 Å². The van der Waals surface area contributed by atoms with Crippen molar-refractivity contribution < 1.29 is 9.84 Å². The Morgan fingerprint density at radius 2 is 2.11 bits per heavy atom. The van der Waals surface area contributed by atoms with Gasteiger partial charge in [0.2, 0.25) is 0 Å². The molecule has 1 aliphatic heterocycles. The van der Waals surface area contributed by atoms with Crippen molar-refractivity contribution in [2.24, 2.45) is 5.73 Å². The Labute approximate surface area is 115 Å². The number of hydrogen-bond donors (Lipinski definition) is 2. The molecule has 0 aromatic heterocycles. The van der Waals surface area contributed by atoms with Gasteiger partial charge in [-0.05, 0) is 37.5 Å². The maximum absolute atomic E-state index is 10.0. The van der Waals surface area contributed by atoms with Crippen LogP contribution in [0.25, 0.3) is 0 Å². The first-order valence-corrected chi connectivity index (χ1v) is 6.86. The number of rotatable bonds is 4. The Balaban J connectivity index is 2.11. The molecule has 4 heteroatoms. The summed E-state index contributed by atoms with van der Waals surface area (Å²) in [5.74, 6) is 0.861. The number of piperidine rings is 1. The largest absolute Gasteiger partial charge is 0.497 e. The normalized spacial score (nSPS) is 21.1. The molecular formula is C15H24N2O2. The van der Waals surface area contributed by atoms with Gasteiger partial charge in [-0.1, -0.05) is 12.1 Å². The molecule has 3 N–H and O–H groups in total. The van der Waals surface area contributed by atoms with Crippen LogP contribution in [0.5, 0.6) is 5.75 Å². The predicted molar refractivity (Wildman–Crippen MR) is 76.2 cm³/mol. The highest BCUT2D eigenvalue weighted by Crippen LogP contribution is 2.29. The molecule has 2 rings (SSSR count). The second-order valence-corrected chi connectivity index (χ2v) is 5.56. The minimum atomic E-state index is -0.524. The topological polar surface area (TPSA) is 58.7 Å². The molecule has 1 atom stereocenters. The van der Waals surface area contributed by atoms with Crippen LogP contribution in [0, 0.1) is 0 Å². The Bertz CT molecular complexity index is 410. The summed E-state index contributed by atoms with van der Waals surface area (Å²) < 4.78 is 5.27. The van der Waals surface area contributed by atoms with E-state index in [2.05, 4.69) is 11.0 Å². The van der Waals surface area contributed by atoms with Gasteiger partial charge in [-0.2, -0.15) is 0 Å². The predicted octanol–water partition coefficient (Wildman–Crippen LogP) is 1.54. The summed E-state index contributed by atoms with van der Waals surface area (Å²) in [4.78, 5) is 2.35. The number of nitrogens with zero attached hydrogens (tertiary/aromatic N) is 1. The molecule has 1 aromatic carbocycles. The third-order valence-electron chi connectivity index (χ3n) is 4.02. The van der Waals surface area contributed by atoms with Crippen molar-refractivity contribution in [3.05, 3.63) is 29.8 Å². The zero-order valence-corrected chi connectivity index (χ0v) is 11.8. The lowest BCUT2D eigenvalue weighted by Gasteiger charge is -2.40. The molecule has 0 bridgehead atoms. The number of benzene rings is 1. The van der Waals surface area contributed by atoms with Gasteiger partial charge in [-0.25, -0.2) is 0 Å². The van der Waals surface area contributed by atoms with Crippen molar-refractivity contribution in [1.29, 1.82) is 0 Å². The molecule has 106 valence electrons. The average Bonchev–Trinajstić information content (AvgIpc) is 2.41.